The van der Waals surface area contributed by atoms with Gasteiger partial charge in [-0.3, -0.25) is 9.59 Å². The number of nitrogens with one attached hydrogen (secondary N) is 2. The van der Waals surface area contributed by atoms with Gasteiger partial charge in [-0.1, -0.05) is 30.3 Å². The van der Waals surface area contributed by atoms with Crippen LogP contribution in [0.2, 0.25) is 0 Å². The molecule has 0 unspecified atom stereocenters. The number of hydrogen-bond acceptors (Lipinski definition) is 6. The fourth-order valence-corrected chi connectivity index (χ4v) is 3.19. The predicted octanol–water partition coefficient (Wildman–Crippen LogP) is 3.67. The molecule has 2 aromatic carbocycles. The van der Waals surface area contributed by atoms with Crippen molar-refractivity contribution >= 4 is 23.2 Å². The van der Waals surface area contributed by atoms with Gasteiger partial charge < -0.3 is 20.1 Å². The first-order valence-corrected chi connectivity index (χ1v) is 10.2. The number of alkyl halides is 3. The van der Waals surface area contributed by atoms with E-state index in [0.717, 1.165) is 17.7 Å². The van der Waals surface area contributed by atoms with Crippen LogP contribution in [0.3, 0.4) is 0 Å². The summed E-state index contributed by atoms with van der Waals surface area (Å²) < 4.78 is 45.4. The van der Waals surface area contributed by atoms with Crippen LogP contribution in [0.25, 0.3) is 0 Å². The second-order valence-corrected chi connectivity index (χ2v) is 7.32. The van der Waals surface area contributed by atoms with Crippen molar-refractivity contribution in [2.75, 3.05) is 6.61 Å². The summed E-state index contributed by atoms with van der Waals surface area (Å²) in [7, 11) is 0. The van der Waals surface area contributed by atoms with E-state index in [2.05, 4.69) is 20.4 Å². The molecular weight excluding hydrogens is 447 g/mol. The number of nitrogens with zero attached hydrogens (tertiary/aromatic N) is 1. The number of benzene rings is 2. The first kappa shape index (κ1) is 23.1. The van der Waals surface area contributed by atoms with E-state index in [4.69, 9.17) is 4.74 Å². The van der Waals surface area contributed by atoms with Crippen LogP contribution in [0, 0.1) is 0 Å². The lowest BCUT2D eigenvalue weighted by atomic mass is 10.2. The summed E-state index contributed by atoms with van der Waals surface area (Å²) in [4.78, 5) is 28.3. The third kappa shape index (κ3) is 7.58. The number of carbonyl (C=O) groups is 2. The van der Waals surface area contributed by atoms with Gasteiger partial charge in [-0.15, -0.1) is 24.5 Å². The van der Waals surface area contributed by atoms with Gasteiger partial charge in [0.2, 0.25) is 0 Å². The zero-order valence-electron chi connectivity index (χ0n) is 16.5. The molecule has 3 rings (SSSR count). The second-order valence-electron chi connectivity index (χ2n) is 6.38. The molecular formula is C21H18F3N3O4S. The first-order chi connectivity index (χ1) is 15.3. The average Bonchev–Trinajstić information content (AvgIpc) is 3.24. The maximum absolute atomic E-state index is 12.2. The van der Waals surface area contributed by atoms with Crippen molar-refractivity contribution in [3.8, 4) is 11.5 Å². The highest BCUT2D eigenvalue weighted by Gasteiger charge is 2.31. The third-order valence-electron chi connectivity index (χ3n) is 3.94. The monoisotopic (exact) mass is 465 g/mol. The van der Waals surface area contributed by atoms with Crippen LogP contribution in [-0.4, -0.2) is 29.8 Å². The number of hydrogen-bond donors (Lipinski definition) is 2. The number of thiazole rings is 1. The summed E-state index contributed by atoms with van der Waals surface area (Å²) >= 11 is 1.23. The van der Waals surface area contributed by atoms with Gasteiger partial charge in [-0.2, -0.15) is 0 Å². The van der Waals surface area contributed by atoms with Crippen molar-refractivity contribution in [2.24, 2.45) is 0 Å². The molecule has 2 N–H and O–H groups in total. The molecule has 0 saturated heterocycles. The van der Waals surface area contributed by atoms with E-state index in [9.17, 15) is 22.8 Å². The Kier molecular flexibility index (Phi) is 7.66. The highest BCUT2D eigenvalue weighted by Crippen LogP contribution is 2.24. The molecule has 1 heterocycles. The molecule has 0 radical (unpaired) electrons. The van der Waals surface area contributed by atoms with Crippen LogP contribution >= 0.6 is 11.3 Å². The summed E-state index contributed by atoms with van der Waals surface area (Å²) in [5.74, 6) is -0.946. The van der Waals surface area contributed by atoms with Crippen LogP contribution in [-0.2, 0) is 17.9 Å². The van der Waals surface area contributed by atoms with Crippen molar-refractivity contribution in [3.63, 3.8) is 0 Å². The zero-order chi connectivity index (χ0) is 23.0. The summed E-state index contributed by atoms with van der Waals surface area (Å²) in [6, 6.07) is 14.1. The molecule has 0 atom stereocenters. The maximum Gasteiger partial charge on any atom is 0.573 e. The lowest BCUT2D eigenvalue weighted by Crippen LogP contribution is -2.28. The highest BCUT2D eigenvalue weighted by molar-refractivity contribution is 7.09. The molecule has 0 spiro atoms. The minimum atomic E-state index is -4.78. The first-order valence-electron chi connectivity index (χ1n) is 9.30. The number of aromatic nitrogens is 1. The van der Waals surface area contributed by atoms with Crippen LogP contribution in [0.1, 0.15) is 21.1 Å². The van der Waals surface area contributed by atoms with E-state index in [0.29, 0.717) is 11.6 Å². The number of halogens is 3. The van der Waals surface area contributed by atoms with Crippen molar-refractivity contribution in [1.82, 2.24) is 15.6 Å². The van der Waals surface area contributed by atoms with Gasteiger partial charge in [0.25, 0.3) is 11.8 Å². The smallest absolute Gasteiger partial charge is 0.484 e. The van der Waals surface area contributed by atoms with Gasteiger partial charge in [-0.25, -0.2) is 4.98 Å². The number of ether oxygens (including phenoxy) is 2. The van der Waals surface area contributed by atoms with Crippen LogP contribution in [0.5, 0.6) is 11.5 Å². The van der Waals surface area contributed by atoms with Crippen LogP contribution < -0.4 is 20.1 Å². The van der Waals surface area contributed by atoms with Gasteiger partial charge in [-0.05, 0) is 29.8 Å². The van der Waals surface area contributed by atoms with E-state index >= 15 is 0 Å². The summed E-state index contributed by atoms with van der Waals surface area (Å²) in [6.07, 6.45) is -4.78. The molecule has 0 bridgehead atoms. The minimum Gasteiger partial charge on any atom is -0.484 e. The fraction of sp³-hybridized carbons (Fsp3) is 0.190. The van der Waals surface area contributed by atoms with Crippen LogP contribution in [0.4, 0.5) is 13.2 Å². The molecule has 1 aromatic heterocycles. The predicted molar refractivity (Wildman–Crippen MR) is 110 cm³/mol. The van der Waals surface area contributed by atoms with Crippen LogP contribution in [0.15, 0.2) is 60.0 Å². The average molecular weight is 465 g/mol. The Morgan fingerprint density at radius 1 is 0.938 bits per heavy atom. The molecule has 0 aliphatic carbocycles. The number of carbonyl (C=O) groups excluding carboxylic acids is 2. The molecule has 0 saturated carbocycles. The van der Waals surface area contributed by atoms with E-state index < -0.39 is 12.3 Å². The Labute approximate surface area is 185 Å². The zero-order valence-corrected chi connectivity index (χ0v) is 17.3. The lowest BCUT2D eigenvalue weighted by molar-refractivity contribution is -0.274. The molecule has 11 heteroatoms. The maximum atomic E-state index is 12.2. The molecule has 7 nitrogen and oxygen atoms in total. The Morgan fingerprint density at radius 3 is 2.31 bits per heavy atom. The Balaban J connectivity index is 1.39. The van der Waals surface area contributed by atoms with Gasteiger partial charge in [0.05, 0.1) is 6.54 Å². The largest absolute Gasteiger partial charge is 0.573 e. The van der Waals surface area contributed by atoms with Gasteiger partial charge in [0.15, 0.2) is 6.61 Å². The van der Waals surface area contributed by atoms with E-state index in [-0.39, 0.29) is 36.3 Å². The SMILES string of the molecule is O=C(COc1ccc(OC(F)(F)F)cc1)NCc1nc(C(=O)NCc2ccccc2)cs1. The van der Waals surface area contributed by atoms with Gasteiger partial charge >= 0.3 is 6.36 Å². The Bertz CT molecular complexity index is 1040. The summed E-state index contributed by atoms with van der Waals surface area (Å²) in [5, 5.41) is 7.51. The Morgan fingerprint density at radius 2 is 1.62 bits per heavy atom. The fourth-order valence-electron chi connectivity index (χ4n) is 2.48. The quantitative estimate of drug-likeness (QED) is 0.504. The van der Waals surface area contributed by atoms with Crippen molar-refractivity contribution < 1.29 is 32.2 Å². The molecule has 2 amide bonds. The van der Waals surface area contributed by atoms with Gasteiger partial charge in [0, 0.05) is 11.9 Å². The van der Waals surface area contributed by atoms with E-state index in [1.807, 2.05) is 30.3 Å². The minimum absolute atomic E-state index is 0.108. The highest BCUT2D eigenvalue weighted by atomic mass is 32.1. The van der Waals surface area contributed by atoms with Crippen molar-refractivity contribution in [2.45, 2.75) is 19.5 Å². The number of amides is 2. The van der Waals surface area contributed by atoms with Crippen molar-refractivity contribution in [1.29, 1.82) is 0 Å². The lowest BCUT2D eigenvalue weighted by Gasteiger charge is -2.10. The molecule has 32 heavy (non-hydrogen) atoms. The van der Waals surface area contributed by atoms with E-state index in [1.165, 1.54) is 23.5 Å². The standard InChI is InChI=1S/C21H18F3N3O4S/c22-21(23,24)31-16-8-6-15(7-9-16)30-12-18(28)25-11-19-27-17(13-32-19)20(29)26-10-14-4-2-1-3-5-14/h1-9,13H,10-12H2,(H,25,28)(H,26,29). The number of rotatable bonds is 9. The Hall–Kier alpha value is -3.60. The third-order valence-corrected chi connectivity index (χ3v) is 4.79. The molecule has 0 aliphatic heterocycles. The summed E-state index contributed by atoms with van der Waals surface area (Å²) in [5.41, 5.74) is 1.22. The topological polar surface area (TPSA) is 89.6 Å². The van der Waals surface area contributed by atoms with E-state index in [1.54, 1.807) is 5.38 Å². The van der Waals surface area contributed by atoms with Crippen molar-refractivity contribution in [3.05, 3.63) is 76.2 Å². The molecule has 0 fully saturated rings. The summed E-state index contributed by atoms with van der Waals surface area (Å²) in [6.45, 7) is 0.149. The molecule has 3 aromatic rings. The molecule has 0 aliphatic rings. The molecule has 168 valence electrons. The normalized spacial score (nSPS) is 11.0. The van der Waals surface area contributed by atoms with Gasteiger partial charge in [0.1, 0.15) is 22.2 Å². The second kappa shape index (κ2) is 10.6.